The number of amides is 2. The standard InChI is InChI=1S/C24H27N5O/c30-24(26-22-15-27-10-7-18(22)8-11-27)29-12-9-17-3-1-2-4-21(17)23(29)19-5-6-20-13-25-16-28(20)14-19/h1-6,13-14,16,18,22-23H,7-12,15H2,(H,26,30)/t22-,23+/m1/s1. The lowest BCUT2D eigenvalue weighted by Crippen LogP contribution is -2.59. The molecule has 3 fully saturated rings. The summed E-state index contributed by atoms with van der Waals surface area (Å²) in [5.74, 6) is 0.622. The fourth-order valence-corrected chi connectivity index (χ4v) is 5.61. The van der Waals surface area contributed by atoms with E-state index in [2.05, 4.69) is 57.8 Å². The van der Waals surface area contributed by atoms with E-state index in [9.17, 15) is 4.79 Å². The number of carbonyl (C=O) groups excluding carboxylic acids is 1. The molecule has 6 nitrogen and oxygen atoms in total. The molecule has 1 N–H and O–H groups in total. The number of imidazole rings is 1. The number of carbonyl (C=O) groups is 1. The van der Waals surface area contributed by atoms with Crippen LogP contribution in [-0.2, 0) is 6.42 Å². The Hall–Kier alpha value is -2.86. The molecule has 4 aliphatic heterocycles. The molecule has 0 radical (unpaired) electrons. The van der Waals surface area contributed by atoms with Gasteiger partial charge in [-0.3, -0.25) is 0 Å². The number of nitrogens with one attached hydrogen (secondary N) is 1. The first-order chi connectivity index (χ1) is 14.8. The van der Waals surface area contributed by atoms with E-state index in [1.54, 1.807) is 0 Å². The van der Waals surface area contributed by atoms with Crippen LogP contribution in [-0.4, -0.2) is 57.4 Å². The van der Waals surface area contributed by atoms with Gasteiger partial charge in [-0.1, -0.05) is 30.3 Å². The largest absolute Gasteiger partial charge is 0.334 e. The van der Waals surface area contributed by atoms with Crippen molar-refractivity contribution < 1.29 is 4.79 Å². The Labute approximate surface area is 176 Å². The minimum Gasteiger partial charge on any atom is -0.334 e. The molecule has 6 heteroatoms. The lowest BCUT2D eigenvalue weighted by Gasteiger charge is -2.46. The minimum absolute atomic E-state index is 0.0685. The number of hydrogen-bond donors (Lipinski definition) is 1. The lowest BCUT2D eigenvalue weighted by atomic mass is 9.84. The molecule has 2 aromatic heterocycles. The van der Waals surface area contributed by atoms with Gasteiger partial charge in [0.15, 0.2) is 0 Å². The predicted octanol–water partition coefficient (Wildman–Crippen LogP) is 3.09. The molecule has 2 amide bonds. The van der Waals surface area contributed by atoms with Crippen molar-refractivity contribution in [3.8, 4) is 0 Å². The minimum atomic E-state index is -0.0807. The third-order valence-corrected chi connectivity index (χ3v) is 7.26. The number of piperidine rings is 3. The zero-order valence-corrected chi connectivity index (χ0v) is 17.1. The van der Waals surface area contributed by atoms with Crippen LogP contribution in [0.3, 0.4) is 0 Å². The number of pyridine rings is 1. The van der Waals surface area contributed by atoms with Crippen molar-refractivity contribution in [3.05, 3.63) is 71.8 Å². The van der Waals surface area contributed by atoms with Crippen molar-refractivity contribution in [1.29, 1.82) is 0 Å². The van der Waals surface area contributed by atoms with Crippen LogP contribution < -0.4 is 5.32 Å². The highest BCUT2D eigenvalue weighted by atomic mass is 16.2. The van der Waals surface area contributed by atoms with Crippen LogP contribution >= 0.6 is 0 Å². The van der Waals surface area contributed by atoms with Crippen LogP contribution in [0.4, 0.5) is 4.79 Å². The second kappa shape index (κ2) is 7.13. The summed E-state index contributed by atoms with van der Waals surface area (Å²) in [6.45, 7) is 4.09. The molecule has 3 aromatic rings. The van der Waals surface area contributed by atoms with Crippen LogP contribution in [0.25, 0.3) is 5.52 Å². The third kappa shape index (κ3) is 2.98. The van der Waals surface area contributed by atoms with Crippen molar-refractivity contribution in [2.75, 3.05) is 26.2 Å². The molecule has 0 aliphatic carbocycles. The molecule has 1 aromatic carbocycles. The summed E-state index contributed by atoms with van der Waals surface area (Å²) in [7, 11) is 0. The molecule has 3 saturated heterocycles. The zero-order chi connectivity index (χ0) is 20.1. The van der Waals surface area contributed by atoms with Gasteiger partial charge in [0.25, 0.3) is 0 Å². The molecule has 2 atom stereocenters. The smallest absolute Gasteiger partial charge is 0.318 e. The number of benzene rings is 1. The van der Waals surface area contributed by atoms with E-state index in [1.807, 2.05) is 21.8 Å². The molecular weight excluding hydrogens is 374 g/mol. The van der Waals surface area contributed by atoms with Gasteiger partial charge in [0.05, 0.1) is 24.1 Å². The Kier molecular flexibility index (Phi) is 4.27. The number of rotatable bonds is 2. The van der Waals surface area contributed by atoms with Gasteiger partial charge in [-0.2, -0.15) is 0 Å². The van der Waals surface area contributed by atoms with E-state index in [0.29, 0.717) is 5.92 Å². The highest BCUT2D eigenvalue weighted by Gasteiger charge is 2.38. The van der Waals surface area contributed by atoms with Crippen LogP contribution in [0.5, 0.6) is 0 Å². The van der Waals surface area contributed by atoms with Crippen LogP contribution in [0.2, 0.25) is 0 Å². The van der Waals surface area contributed by atoms with E-state index >= 15 is 0 Å². The molecule has 0 saturated carbocycles. The van der Waals surface area contributed by atoms with Crippen molar-refractivity contribution in [2.24, 2.45) is 5.92 Å². The van der Waals surface area contributed by atoms with Crippen LogP contribution in [0, 0.1) is 5.92 Å². The van der Waals surface area contributed by atoms with Gasteiger partial charge in [-0.05, 0) is 61.0 Å². The number of fused-ring (bicyclic) bond motifs is 5. The highest BCUT2D eigenvalue weighted by Crippen LogP contribution is 2.36. The van der Waals surface area contributed by atoms with Gasteiger partial charge < -0.3 is 19.5 Å². The van der Waals surface area contributed by atoms with E-state index in [-0.39, 0.29) is 18.1 Å². The Bertz CT molecular complexity index is 1080. The first-order valence-corrected chi connectivity index (χ1v) is 11.1. The Morgan fingerprint density at radius 1 is 1.07 bits per heavy atom. The van der Waals surface area contributed by atoms with Gasteiger partial charge in [-0.25, -0.2) is 9.78 Å². The van der Waals surface area contributed by atoms with Crippen molar-refractivity contribution in [3.63, 3.8) is 0 Å². The molecule has 0 unspecified atom stereocenters. The highest BCUT2D eigenvalue weighted by molar-refractivity contribution is 5.76. The number of nitrogens with zero attached hydrogens (tertiary/aromatic N) is 4. The van der Waals surface area contributed by atoms with Crippen molar-refractivity contribution in [1.82, 2.24) is 24.5 Å². The second-order valence-electron chi connectivity index (χ2n) is 8.93. The number of hydrogen-bond acceptors (Lipinski definition) is 3. The maximum absolute atomic E-state index is 13.5. The summed E-state index contributed by atoms with van der Waals surface area (Å²) in [5.41, 5.74) is 4.75. The first-order valence-electron chi connectivity index (χ1n) is 11.1. The average molecular weight is 402 g/mol. The van der Waals surface area contributed by atoms with Gasteiger partial charge in [0.2, 0.25) is 0 Å². The normalized spacial score (nSPS) is 27.8. The molecule has 2 bridgehead atoms. The Balaban J connectivity index is 1.34. The Morgan fingerprint density at radius 2 is 1.93 bits per heavy atom. The zero-order valence-electron chi connectivity index (χ0n) is 17.1. The number of urea groups is 1. The maximum atomic E-state index is 13.5. The first kappa shape index (κ1) is 18.0. The molecule has 154 valence electrons. The van der Waals surface area contributed by atoms with Gasteiger partial charge >= 0.3 is 6.03 Å². The van der Waals surface area contributed by atoms with E-state index in [4.69, 9.17) is 0 Å². The summed E-state index contributed by atoms with van der Waals surface area (Å²) >= 11 is 0. The van der Waals surface area contributed by atoms with E-state index in [1.165, 1.54) is 37.1 Å². The number of aromatic nitrogens is 2. The molecular formula is C24H27N5O. The molecule has 7 rings (SSSR count). The Morgan fingerprint density at radius 3 is 2.77 bits per heavy atom. The summed E-state index contributed by atoms with van der Waals surface area (Å²) in [4.78, 5) is 22.3. The summed E-state index contributed by atoms with van der Waals surface area (Å²) in [6.07, 6.45) is 9.10. The average Bonchev–Trinajstić information content (AvgIpc) is 3.27. The topological polar surface area (TPSA) is 52.9 Å². The fraction of sp³-hybridized carbons (Fsp3) is 0.417. The lowest BCUT2D eigenvalue weighted by molar-refractivity contribution is 0.0715. The van der Waals surface area contributed by atoms with Gasteiger partial charge in [-0.15, -0.1) is 0 Å². The molecule has 6 heterocycles. The molecule has 30 heavy (non-hydrogen) atoms. The molecule has 0 spiro atoms. The van der Waals surface area contributed by atoms with Crippen LogP contribution in [0.15, 0.2) is 55.1 Å². The summed E-state index contributed by atoms with van der Waals surface area (Å²) in [5, 5.41) is 3.41. The van der Waals surface area contributed by atoms with E-state index in [0.717, 1.165) is 30.6 Å². The molecule has 4 aliphatic rings. The fourth-order valence-electron chi connectivity index (χ4n) is 5.61. The third-order valence-electron chi connectivity index (χ3n) is 7.26. The summed E-state index contributed by atoms with van der Waals surface area (Å²) in [6, 6.07) is 13.0. The van der Waals surface area contributed by atoms with Crippen molar-refractivity contribution >= 4 is 11.5 Å². The monoisotopic (exact) mass is 401 g/mol. The maximum Gasteiger partial charge on any atom is 0.318 e. The SMILES string of the molecule is O=C(N[C@@H]1CN2CCC1CC2)N1CCc2ccccc2[C@@H]1c1ccc2cncn2c1. The quantitative estimate of drug-likeness (QED) is 0.718. The van der Waals surface area contributed by atoms with Gasteiger partial charge in [0.1, 0.15) is 0 Å². The van der Waals surface area contributed by atoms with E-state index < -0.39 is 0 Å². The van der Waals surface area contributed by atoms with Gasteiger partial charge in [0, 0.05) is 25.3 Å². The summed E-state index contributed by atoms with van der Waals surface area (Å²) < 4.78 is 2.04. The second-order valence-corrected chi connectivity index (χ2v) is 8.93. The predicted molar refractivity (Wildman–Crippen MR) is 115 cm³/mol. The van der Waals surface area contributed by atoms with Crippen LogP contribution in [0.1, 0.15) is 35.6 Å². The van der Waals surface area contributed by atoms with Crippen molar-refractivity contribution in [2.45, 2.75) is 31.3 Å².